The molecule has 1 aromatic heterocycles. The molecule has 0 unspecified atom stereocenters. The highest BCUT2D eigenvalue weighted by Crippen LogP contribution is 2.35. The van der Waals surface area contributed by atoms with Crippen molar-refractivity contribution in [2.24, 2.45) is 0 Å². The predicted octanol–water partition coefficient (Wildman–Crippen LogP) is 5.89. The van der Waals surface area contributed by atoms with Crippen molar-refractivity contribution in [1.29, 1.82) is 0 Å². The van der Waals surface area contributed by atoms with Crippen LogP contribution in [0.25, 0.3) is 17.4 Å². The summed E-state index contributed by atoms with van der Waals surface area (Å²) in [6, 6.07) is 13.3. The number of hydrogen-bond acceptors (Lipinski definition) is 3. The Morgan fingerprint density at radius 3 is 2.59 bits per heavy atom. The number of aryl methyl sites for hydroxylation is 1. The highest BCUT2D eigenvalue weighted by molar-refractivity contribution is 6.14. The van der Waals surface area contributed by atoms with Gasteiger partial charge < -0.3 is 9.15 Å². The molecule has 136 valence electrons. The van der Waals surface area contributed by atoms with Gasteiger partial charge in [-0.2, -0.15) is 13.2 Å². The summed E-state index contributed by atoms with van der Waals surface area (Å²) < 4.78 is 49.8. The third-order valence-corrected chi connectivity index (χ3v) is 4.20. The van der Waals surface area contributed by atoms with Crippen molar-refractivity contribution in [2.45, 2.75) is 13.1 Å². The predicted molar refractivity (Wildman–Crippen MR) is 93.3 cm³/mol. The van der Waals surface area contributed by atoms with E-state index in [-0.39, 0.29) is 17.3 Å². The number of halogens is 3. The number of alkyl halides is 3. The molecule has 0 radical (unpaired) electrons. The van der Waals surface area contributed by atoms with Crippen LogP contribution in [0.2, 0.25) is 0 Å². The van der Waals surface area contributed by atoms with Gasteiger partial charge in [0.25, 0.3) is 0 Å². The molecule has 4 rings (SSSR count). The van der Waals surface area contributed by atoms with Gasteiger partial charge in [0.15, 0.2) is 5.76 Å². The van der Waals surface area contributed by atoms with Gasteiger partial charge in [-0.25, -0.2) is 0 Å². The van der Waals surface area contributed by atoms with E-state index < -0.39 is 11.7 Å². The molecule has 0 saturated heterocycles. The van der Waals surface area contributed by atoms with Crippen LogP contribution in [-0.4, -0.2) is 5.78 Å². The minimum atomic E-state index is -4.43. The normalized spacial score (nSPS) is 15.1. The number of hydrogen-bond donors (Lipinski definition) is 0. The molecule has 0 saturated carbocycles. The lowest BCUT2D eigenvalue weighted by molar-refractivity contribution is -0.137. The zero-order valence-electron chi connectivity index (χ0n) is 14.1. The second kappa shape index (κ2) is 6.16. The van der Waals surface area contributed by atoms with Crippen LogP contribution in [0.15, 0.2) is 64.8 Å². The molecule has 1 aliphatic heterocycles. The lowest BCUT2D eigenvalue weighted by Gasteiger charge is -2.07. The van der Waals surface area contributed by atoms with Crippen LogP contribution >= 0.6 is 0 Å². The molecule has 1 aliphatic rings. The highest BCUT2D eigenvalue weighted by atomic mass is 19.4. The van der Waals surface area contributed by atoms with Gasteiger partial charge in [0.05, 0.1) is 11.1 Å². The van der Waals surface area contributed by atoms with E-state index in [1.165, 1.54) is 18.2 Å². The SMILES string of the molecule is Cc1ccc2c(c1)C(=O)/C(=C/c1ccc(-c3cccc(C(F)(F)F)c3)o1)O2. The molecule has 3 nitrogen and oxygen atoms in total. The van der Waals surface area contributed by atoms with Crippen molar-refractivity contribution in [3.8, 4) is 17.1 Å². The average Bonchev–Trinajstić information content (AvgIpc) is 3.21. The number of fused-ring (bicyclic) bond motifs is 1. The van der Waals surface area contributed by atoms with E-state index in [4.69, 9.17) is 9.15 Å². The smallest absolute Gasteiger partial charge is 0.416 e. The topological polar surface area (TPSA) is 39.4 Å². The average molecular weight is 370 g/mol. The zero-order valence-corrected chi connectivity index (χ0v) is 14.1. The number of carbonyl (C=O) groups excluding carboxylic acids is 1. The summed E-state index contributed by atoms with van der Waals surface area (Å²) >= 11 is 0. The van der Waals surface area contributed by atoms with Crippen molar-refractivity contribution in [1.82, 2.24) is 0 Å². The van der Waals surface area contributed by atoms with Crippen molar-refractivity contribution >= 4 is 11.9 Å². The Morgan fingerprint density at radius 1 is 1.00 bits per heavy atom. The monoisotopic (exact) mass is 370 g/mol. The van der Waals surface area contributed by atoms with E-state index in [1.54, 1.807) is 24.3 Å². The number of allylic oxidation sites excluding steroid dienone is 1. The summed E-state index contributed by atoms with van der Waals surface area (Å²) in [6.07, 6.45) is -2.99. The van der Waals surface area contributed by atoms with E-state index in [0.717, 1.165) is 17.7 Å². The van der Waals surface area contributed by atoms with Crippen LogP contribution in [-0.2, 0) is 6.18 Å². The highest BCUT2D eigenvalue weighted by Gasteiger charge is 2.31. The fraction of sp³-hybridized carbons (Fsp3) is 0.0952. The van der Waals surface area contributed by atoms with Gasteiger partial charge in [0.2, 0.25) is 5.78 Å². The summed E-state index contributed by atoms with van der Waals surface area (Å²) in [5.41, 5.74) is 0.964. The van der Waals surface area contributed by atoms with Crippen LogP contribution in [0.5, 0.6) is 5.75 Å². The number of carbonyl (C=O) groups is 1. The lowest BCUT2D eigenvalue weighted by Crippen LogP contribution is -2.04. The summed E-state index contributed by atoms with van der Waals surface area (Å²) in [7, 11) is 0. The van der Waals surface area contributed by atoms with Crippen LogP contribution in [0, 0.1) is 6.92 Å². The molecule has 3 aromatic rings. The molecule has 0 fully saturated rings. The van der Waals surface area contributed by atoms with E-state index in [2.05, 4.69) is 0 Å². The molecule has 0 aliphatic carbocycles. The van der Waals surface area contributed by atoms with E-state index >= 15 is 0 Å². The van der Waals surface area contributed by atoms with Gasteiger partial charge in [0, 0.05) is 11.6 Å². The van der Waals surface area contributed by atoms with Gasteiger partial charge in [-0.15, -0.1) is 0 Å². The number of Topliss-reactive ketones (excluding diaryl/α,β-unsaturated/α-hetero) is 1. The van der Waals surface area contributed by atoms with Crippen LogP contribution in [0.1, 0.15) is 27.2 Å². The molecule has 2 heterocycles. The van der Waals surface area contributed by atoms with E-state index in [1.807, 2.05) is 13.0 Å². The number of rotatable bonds is 2. The second-order valence-electron chi connectivity index (χ2n) is 6.22. The number of benzene rings is 2. The standard InChI is InChI=1S/C21H13F3O3/c1-12-5-7-18-16(9-12)20(25)19(27-18)11-15-6-8-17(26-15)13-3-2-4-14(10-13)21(22,23)24/h2-11H,1H3/b19-11-. The summed E-state index contributed by atoms with van der Waals surface area (Å²) in [6.45, 7) is 1.88. The minimum absolute atomic E-state index is 0.112. The van der Waals surface area contributed by atoms with Crippen molar-refractivity contribution < 1.29 is 27.1 Å². The van der Waals surface area contributed by atoms with Crippen molar-refractivity contribution in [3.63, 3.8) is 0 Å². The van der Waals surface area contributed by atoms with E-state index in [9.17, 15) is 18.0 Å². The fourth-order valence-corrected chi connectivity index (χ4v) is 2.87. The molecule has 27 heavy (non-hydrogen) atoms. The second-order valence-corrected chi connectivity index (χ2v) is 6.22. The molecule has 0 bridgehead atoms. The quantitative estimate of drug-likeness (QED) is 0.528. The first-order valence-corrected chi connectivity index (χ1v) is 8.14. The van der Waals surface area contributed by atoms with Crippen molar-refractivity contribution in [3.05, 3.63) is 82.8 Å². The maximum Gasteiger partial charge on any atom is 0.416 e. The Bertz CT molecular complexity index is 1070. The van der Waals surface area contributed by atoms with Gasteiger partial charge in [-0.1, -0.05) is 23.8 Å². The van der Waals surface area contributed by atoms with Crippen LogP contribution < -0.4 is 4.74 Å². The summed E-state index contributed by atoms with van der Waals surface area (Å²) in [5, 5.41) is 0. The summed E-state index contributed by atoms with van der Waals surface area (Å²) in [5.74, 6) is 0.912. The van der Waals surface area contributed by atoms with Crippen LogP contribution in [0.4, 0.5) is 13.2 Å². The molecular formula is C21H13F3O3. The Hall–Kier alpha value is -3.28. The zero-order chi connectivity index (χ0) is 19.2. The third-order valence-electron chi connectivity index (χ3n) is 4.20. The number of ether oxygens (including phenoxy) is 1. The van der Waals surface area contributed by atoms with Gasteiger partial charge in [0.1, 0.15) is 17.3 Å². The van der Waals surface area contributed by atoms with Gasteiger partial charge >= 0.3 is 6.18 Å². The Balaban J connectivity index is 1.63. The first-order valence-electron chi connectivity index (χ1n) is 8.14. The first kappa shape index (κ1) is 17.1. The molecule has 0 N–H and O–H groups in total. The maximum atomic E-state index is 12.9. The van der Waals surface area contributed by atoms with Crippen molar-refractivity contribution in [2.75, 3.05) is 0 Å². The van der Waals surface area contributed by atoms with E-state index in [0.29, 0.717) is 22.6 Å². The maximum absolute atomic E-state index is 12.9. The Labute approximate surface area is 152 Å². The van der Waals surface area contributed by atoms with Gasteiger partial charge in [-0.3, -0.25) is 4.79 Å². The van der Waals surface area contributed by atoms with Crippen LogP contribution in [0.3, 0.4) is 0 Å². The lowest BCUT2D eigenvalue weighted by atomic mass is 10.1. The molecule has 6 heteroatoms. The Kier molecular flexibility index (Phi) is 3.91. The van der Waals surface area contributed by atoms with Gasteiger partial charge in [-0.05, 0) is 43.3 Å². The minimum Gasteiger partial charge on any atom is -0.457 e. The summed E-state index contributed by atoms with van der Waals surface area (Å²) in [4.78, 5) is 12.4. The number of ketones is 1. The molecule has 2 aromatic carbocycles. The molecule has 0 atom stereocenters. The molecule has 0 spiro atoms. The largest absolute Gasteiger partial charge is 0.457 e. The first-order chi connectivity index (χ1) is 12.8. The number of furan rings is 1. The Morgan fingerprint density at radius 2 is 1.81 bits per heavy atom. The third kappa shape index (κ3) is 3.26. The fourth-order valence-electron chi connectivity index (χ4n) is 2.87. The molecular weight excluding hydrogens is 357 g/mol. The molecule has 0 amide bonds.